The lowest BCUT2D eigenvalue weighted by Crippen LogP contribution is -1.74. The van der Waals surface area contributed by atoms with E-state index in [0.717, 1.165) is 13.2 Å². The van der Waals surface area contributed by atoms with Gasteiger partial charge in [-0.25, -0.2) is 0 Å². The van der Waals surface area contributed by atoms with E-state index in [1.165, 1.54) is 19.0 Å². The monoisotopic (exact) mass is 114 g/mol. The molecule has 1 fully saturated rings. The van der Waals surface area contributed by atoms with Crippen LogP contribution in [0.2, 0.25) is 0 Å². The smallest absolute Gasteiger partial charge is 0.173 e. The molecule has 1 saturated heterocycles. The normalized spacial score (nSPS) is 15.9. The van der Waals surface area contributed by atoms with Crippen molar-refractivity contribution in [2.75, 3.05) is 13.2 Å². The fourth-order valence-corrected chi connectivity index (χ4v) is 0.510. The van der Waals surface area contributed by atoms with Gasteiger partial charge in [-0.3, -0.25) is 0 Å². The molecule has 1 aliphatic heterocycles. The van der Waals surface area contributed by atoms with Crippen LogP contribution in [0.25, 0.3) is 0 Å². The van der Waals surface area contributed by atoms with Gasteiger partial charge in [0.25, 0.3) is 0 Å². The summed E-state index contributed by atoms with van der Waals surface area (Å²) in [6, 6.07) is 0. The second-order valence-electron chi connectivity index (χ2n) is 1.45. The van der Waals surface area contributed by atoms with Crippen LogP contribution in [0.4, 0.5) is 0 Å². The standard InChI is InChI=1S/C4H8O.CH2N2/c1-2-4-5-3-1;2-1-3/h1-4H2;2H2. The molecule has 0 amide bonds. The number of hydrogen-bond acceptors (Lipinski definition) is 3. The molecule has 3 nitrogen and oxygen atoms in total. The van der Waals surface area contributed by atoms with E-state index in [1.807, 2.05) is 0 Å². The summed E-state index contributed by atoms with van der Waals surface area (Å²) in [4.78, 5) is 0. The Morgan fingerprint density at radius 2 is 1.75 bits per heavy atom. The van der Waals surface area contributed by atoms with Gasteiger partial charge in [0.2, 0.25) is 0 Å². The van der Waals surface area contributed by atoms with Crippen LogP contribution < -0.4 is 5.73 Å². The number of nitriles is 1. The van der Waals surface area contributed by atoms with Gasteiger partial charge in [0.15, 0.2) is 6.19 Å². The summed E-state index contributed by atoms with van der Waals surface area (Å²) < 4.78 is 4.94. The van der Waals surface area contributed by atoms with Crippen molar-refractivity contribution >= 4 is 0 Å². The van der Waals surface area contributed by atoms with Gasteiger partial charge >= 0.3 is 0 Å². The predicted octanol–water partition coefficient (Wildman–Crippen LogP) is 0.223. The Morgan fingerprint density at radius 1 is 1.38 bits per heavy atom. The van der Waals surface area contributed by atoms with Crippen LogP contribution in [0.3, 0.4) is 0 Å². The summed E-state index contributed by atoms with van der Waals surface area (Å²) in [6.07, 6.45) is 3.81. The summed E-state index contributed by atoms with van der Waals surface area (Å²) in [5.74, 6) is 0. The first-order valence-electron chi connectivity index (χ1n) is 2.59. The number of ether oxygens (including phenoxy) is 1. The van der Waals surface area contributed by atoms with Crippen molar-refractivity contribution < 1.29 is 4.74 Å². The molecule has 0 aromatic carbocycles. The van der Waals surface area contributed by atoms with Crippen LogP contribution in [-0.2, 0) is 4.74 Å². The molecule has 0 bridgehead atoms. The zero-order valence-corrected chi connectivity index (χ0v) is 4.76. The lowest BCUT2D eigenvalue weighted by molar-refractivity contribution is 0.198. The fourth-order valence-electron chi connectivity index (χ4n) is 0.510. The number of rotatable bonds is 0. The zero-order chi connectivity index (χ0) is 6.24. The second-order valence-corrected chi connectivity index (χ2v) is 1.45. The van der Waals surface area contributed by atoms with Crippen molar-refractivity contribution in [1.29, 1.82) is 5.26 Å². The van der Waals surface area contributed by atoms with Gasteiger partial charge in [-0.1, -0.05) is 0 Å². The highest BCUT2D eigenvalue weighted by atomic mass is 16.5. The molecule has 0 unspecified atom stereocenters. The van der Waals surface area contributed by atoms with Gasteiger partial charge in [0.05, 0.1) is 0 Å². The molecule has 1 rings (SSSR count). The number of hydrogen-bond donors (Lipinski definition) is 1. The minimum Gasteiger partial charge on any atom is -0.381 e. The Morgan fingerprint density at radius 3 is 1.88 bits per heavy atom. The Bertz CT molecular complexity index is 65.4. The number of nitrogens with two attached hydrogens (primary N) is 1. The summed E-state index contributed by atoms with van der Waals surface area (Å²) in [6.45, 7) is 2.00. The molecule has 3 heteroatoms. The molecule has 1 aliphatic rings. The topological polar surface area (TPSA) is 59.0 Å². The SMILES string of the molecule is C1CCOC1.N#CN. The maximum atomic E-state index is 7.10. The molecule has 2 N–H and O–H groups in total. The van der Waals surface area contributed by atoms with Crippen molar-refractivity contribution in [3.05, 3.63) is 0 Å². The van der Waals surface area contributed by atoms with Crippen LogP contribution in [0.15, 0.2) is 0 Å². The Hall–Kier alpha value is -0.750. The van der Waals surface area contributed by atoms with E-state index < -0.39 is 0 Å². The van der Waals surface area contributed by atoms with Crippen molar-refractivity contribution in [1.82, 2.24) is 0 Å². The second kappa shape index (κ2) is 6.25. The third kappa shape index (κ3) is 5.25. The predicted molar refractivity (Wildman–Crippen MR) is 29.9 cm³/mol. The van der Waals surface area contributed by atoms with Gasteiger partial charge in [0, 0.05) is 13.2 Å². The molecule has 0 saturated carbocycles. The molecule has 0 aromatic heterocycles. The van der Waals surface area contributed by atoms with Gasteiger partial charge in [0.1, 0.15) is 0 Å². The zero-order valence-electron chi connectivity index (χ0n) is 4.76. The molecule has 46 valence electrons. The lowest BCUT2D eigenvalue weighted by Gasteiger charge is -1.76. The van der Waals surface area contributed by atoms with Gasteiger partial charge < -0.3 is 10.5 Å². The highest BCUT2D eigenvalue weighted by Gasteiger charge is 1.94. The first kappa shape index (κ1) is 7.25. The highest BCUT2D eigenvalue weighted by Crippen LogP contribution is 1.98. The van der Waals surface area contributed by atoms with E-state index in [4.69, 9.17) is 10.00 Å². The molecule has 0 aromatic rings. The molecule has 0 atom stereocenters. The minimum absolute atomic E-state index is 1.00. The minimum atomic E-state index is 1.00. The molecule has 0 radical (unpaired) electrons. The van der Waals surface area contributed by atoms with Crippen LogP contribution >= 0.6 is 0 Å². The van der Waals surface area contributed by atoms with Crippen molar-refractivity contribution in [2.45, 2.75) is 12.8 Å². The Balaban J connectivity index is 0.000000145. The average molecular weight is 114 g/mol. The fraction of sp³-hybridized carbons (Fsp3) is 0.800. The summed E-state index contributed by atoms with van der Waals surface area (Å²) in [5.41, 5.74) is 4.15. The van der Waals surface area contributed by atoms with E-state index in [2.05, 4.69) is 5.73 Å². The van der Waals surface area contributed by atoms with Crippen LogP contribution in [-0.4, -0.2) is 13.2 Å². The molecule has 0 aliphatic carbocycles. The first-order valence-corrected chi connectivity index (χ1v) is 2.59. The molecular weight excluding hydrogens is 104 g/mol. The van der Waals surface area contributed by atoms with E-state index in [9.17, 15) is 0 Å². The van der Waals surface area contributed by atoms with Crippen LogP contribution in [0, 0.1) is 11.5 Å². The number of nitrogens with zero attached hydrogens (tertiary/aromatic N) is 1. The van der Waals surface area contributed by atoms with E-state index in [1.54, 1.807) is 0 Å². The summed E-state index contributed by atoms with van der Waals surface area (Å²) in [5, 5.41) is 7.10. The van der Waals surface area contributed by atoms with Crippen LogP contribution in [0.5, 0.6) is 0 Å². The average Bonchev–Trinajstić information content (AvgIpc) is 2.17. The Labute approximate surface area is 49.0 Å². The highest BCUT2D eigenvalue weighted by molar-refractivity contribution is 4.46. The molecular formula is C5H10N2O. The third-order valence-corrected chi connectivity index (χ3v) is 0.827. The Kier molecular flexibility index (Phi) is 5.66. The quantitative estimate of drug-likeness (QED) is 0.362. The van der Waals surface area contributed by atoms with E-state index in [-0.39, 0.29) is 0 Å². The van der Waals surface area contributed by atoms with Gasteiger partial charge in [-0.15, -0.1) is 0 Å². The van der Waals surface area contributed by atoms with E-state index >= 15 is 0 Å². The summed E-state index contributed by atoms with van der Waals surface area (Å²) in [7, 11) is 0. The van der Waals surface area contributed by atoms with Crippen molar-refractivity contribution in [3.63, 3.8) is 0 Å². The lowest BCUT2D eigenvalue weighted by atomic mass is 10.4. The van der Waals surface area contributed by atoms with Crippen molar-refractivity contribution in [2.24, 2.45) is 5.73 Å². The van der Waals surface area contributed by atoms with Crippen molar-refractivity contribution in [3.8, 4) is 6.19 Å². The maximum Gasteiger partial charge on any atom is 0.173 e. The van der Waals surface area contributed by atoms with Gasteiger partial charge in [-0.2, -0.15) is 5.26 Å². The van der Waals surface area contributed by atoms with Crippen LogP contribution in [0.1, 0.15) is 12.8 Å². The third-order valence-electron chi connectivity index (χ3n) is 0.827. The maximum absolute atomic E-state index is 7.10. The van der Waals surface area contributed by atoms with E-state index in [0.29, 0.717) is 0 Å². The largest absolute Gasteiger partial charge is 0.381 e. The van der Waals surface area contributed by atoms with Gasteiger partial charge in [-0.05, 0) is 12.8 Å². The molecule has 0 spiro atoms. The molecule has 8 heavy (non-hydrogen) atoms. The summed E-state index contributed by atoms with van der Waals surface area (Å²) >= 11 is 0. The molecule has 1 heterocycles. The first-order chi connectivity index (χ1) is 3.91.